The molecule has 1 heterocycles. The molecule has 1 saturated carbocycles. The van der Waals surface area contributed by atoms with Gasteiger partial charge in [0.2, 0.25) is 17.2 Å². The van der Waals surface area contributed by atoms with Crippen molar-refractivity contribution in [2.75, 3.05) is 34.9 Å². The molecular weight excluding hydrogens is 448 g/mol. The van der Waals surface area contributed by atoms with Gasteiger partial charge < -0.3 is 4.90 Å². The summed E-state index contributed by atoms with van der Waals surface area (Å²) in [5.74, 6) is -0.792. The molecule has 162 valence electrons. The number of aromatic nitrogens is 3. The molecule has 0 aliphatic heterocycles. The smallest absolute Gasteiger partial charge is 0.337 e. The number of nitrogens with zero attached hydrogens (tertiary/aromatic N) is 5. The maximum absolute atomic E-state index is 12.3. The fourth-order valence-electron chi connectivity index (χ4n) is 3.02. The number of anilines is 2. The van der Waals surface area contributed by atoms with Gasteiger partial charge in [0.1, 0.15) is 0 Å². The molecule has 0 saturated heterocycles. The van der Waals surface area contributed by atoms with Gasteiger partial charge >= 0.3 is 10.4 Å². The molecule has 0 aromatic carbocycles. The van der Waals surface area contributed by atoms with Crippen LogP contribution in [0.5, 0.6) is 0 Å². The Kier molecular flexibility index (Phi) is 8.34. The maximum atomic E-state index is 12.3. The second-order valence-corrected chi connectivity index (χ2v) is 10.1. The first kappa shape index (κ1) is 23.5. The molecule has 0 unspecified atom stereocenters. The molecule has 1 aliphatic carbocycles. The molecule has 0 amide bonds. The summed E-state index contributed by atoms with van der Waals surface area (Å²) in [6.45, 7) is -0.649. The molecule has 0 bridgehead atoms. The number of hydrogen-bond donors (Lipinski definition) is 2. The van der Waals surface area contributed by atoms with Gasteiger partial charge in [-0.25, -0.2) is 12.6 Å². The van der Waals surface area contributed by atoms with Crippen molar-refractivity contribution >= 4 is 43.7 Å². The van der Waals surface area contributed by atoms with Gasteiger partial charge in [-0.05, 0) is 24.4 Å². The monoisotopic (exact) mass is 468 g/mol. The Labute approximate surface area is 174 Å². The van der Waals surface area contributed by atoms with Crippen molar-refractivity contribution in [1.29, 1.82) is 5.26 Å². The first-order valence-corrected chi connectivity index (χ1v) is 12.3. The van der Waals surface area contributed by atoms with Crippen molar-refractivity contribution in [2.45, 2.75) is 38.1 Å². The van der Waals surface area contributed by atoms with E-state index in [4.69, 9.17) is 21.4 Å². The molecule has 0 atom stereocenters. The molecule has 1 aliphatic rings. The molecule has 15 heteroatoms. The summed E-state index contributed by atoms with van der Waals surface area (Å²) in [6.07, 6.45) is 6.34. The van der Waals surface area contributed by atoms with Crippen LogP contribution in [-0.4, -0.2) is 67.0 Å². The van der Waals surface area contributed by atoms with Crippen molar-refractivity contribution < 1.29 is 25.6 Å². The zero-order valence-corrected chi connectivity index (χ0v) is 17.7. The minimum Gasteiger partial charge on any atom is -0.337 e. The Morgan fingerprint density at radius 3 is 2.48 bits per heavy atom. The largest absolute Gasteiger partial charge is 0.397 e. The number of rotatable bonds is 10. The van der Waals surface area contributed by atoms with Gasteiger partial charge in [-0.1, -0.05) is 19.3 Å². The Morgan fingerprint density at radius 1 is 1.17 bits per heavy atom. The van der Waals surface area contributed by atoms with E-state index in [0.29, 0.717) is 0 Å². The molecule has 29 heavy (non-hydrogen) atoms. The van der Waals surface area contributed by atoms with Crippen LogP contribution in [0.1, 0.15) is 32.1 Å². The summed E-state index contributed by atoms with van der Waals surface area (Å²) in [6, 6.07) is -0.0126. The van der Waals surface area contributed by atoms with Crippen LogP contribution < -0.4 is 10.2 Å². The van der Waals surface area contributed by atoms with Crippen LogP contribution in [0.4, 0.5) is 11.9 Å². The lowest BCUT2D eigenvalue weighted by Gasteiger charge is -2.34. The van der Waals surface area contributed by atoms with E-state index in [1.54, 1.807) is 11.1 Å². The summed E-state index contributed by atoms with van der Waals surface area (Å²) in [5, 5.41) is 10.9. The summed E-state index contributed by atoms with van der Waals surface area (Å²) >= 11 is 5.92. The lowest BCUT2D eigenvalue weighted by molar-refractivity contribution is 0.284. The van der Waals surface area contributed by atoms with E-state index in [9.17, 15) is 16.8 Å². The Balaban J connectivity index is 2.16. The van der Waals surface area contributed by atoms with E-state index in [-0.39, 0.29) is 35.5 Å². The van der Waals surface area contributed by atoms with Gasteiger partial charge in [0.05, 0.1) is 18.1 Å². The number of nitrogens with one attached hydrogen (secondary N) is 1. The van der Waals surface area contributed by atoms with E-state index in [0.717, 1.165) is 32.1 Å². The number of hydrogen-bond acceptors (Lipinski definition) is 11. The molecule has 1 aromatic rings. The van der Waals surface area contributed by atoms with Crippen molar-refractivity contribution in [1.82, 2.24) is 15.0 Å². The zero-order chi connectivity index (χ0) is 21.5. The predicted molar refractivity (Wildman–Crippen MR) is 104 cm³/mol. The van der Waals surface area contributed by atoms with Crippen LogP contribution in [0, 0.1) is 11.5 Å². The Bertz CT molecular complexity index is 946. The first-order valence-electron chi connectivity index (χ1n) is 8.75. The van der Waals surface area contributed by atoms with Crippen LogP contribution in [0.15, 0.2) is 0 Å². The fraction of sp³-hybridized carbons (Fsp3) is 0.714. The third kappa shape index (κ3) is 8.23. The fourth-order valence-corrected chi connectivity index (χ4v) is 4.59. The molecule has 1 fully saturated rings. The standard InChI is InChI=1S/C14H21ClN6O6S2/c15-12-18-13(17-10-16)20-14(19-12)21(11-4-2-1-3-5-11)6-8-28(22,23)9-7-27-29(24,25)26/h11H,1-9H2,(H,24,25,26)(H,17,18,19,20). The lowest BCUT2D eigenvalue weighted by Crippen LogP contribution is -2.41. The van der Waals surface area contributed by atoms with Gasteiger partial charge in [-0.3, -0.25) is 9.87 Å². The molecule has 0 radical (unpaired) electrons. The summed E-state index contributed by atoms with van der Waals surface area (Å²) in [7, 11) is -8.39. The minimum absolute atomic E-state index is 0.0126. The van der Waals surface area contributed by atoms with E-state index >= 15 is 0 Å². The number of halogens is 1. The highest BCUT2D eigenvalue weighted by molar-refractivity contribution is 7.91. The molecule has 2 rings (SSSR count). The normalized spacial score (nSPS) is 15.6. The molecular formula is C14H21ClN6O6S2. The topological polar surface area (TPSA) is 175 Å². The Morgan fingerprint density at radius 2 is 1.86 bits per heavy atom. The SMILES string of the molecule is N#CNc1nc(Cl)nc(N(CCS(=O)(=O)CCOS(=O)(=O)O)C2CCCCC2)n1. The van der Waals surface area contributed by atoms with Gasteiger partial charge in [0, 0.05) is 12.6 Å². The highest BCUT2D eigenvalue weighted by atomic mass is 35.5. The third-order valence-corrected chi connectivity index (χ3v) is 6.53. The highest BCUT2D eigenvalue weighted by Gasteiger charge is 2.26. The van der Waals surface area contributed by atoms with E-state index in [1.165, 1.54) is 0 Å². The first-order chi connectivity index (χ1) is 13.6. The van der Waals surface area contributed by atoms with Gasteiger partial charge in [0.15, 0.2) is 16.0 Å². The summed E-state index contributed by atoms with van der Waals surface area (Å²) in [5.41, 5.74) is 0. The van der Waals surface area contributed by atoms with Crippen molar-refractivity contribution in [3.63, 3.8) is 0 Å². The molecule has 2 N–H and O–H groups in total. The van der Waals surface area contributed by atoms with Crippen molar-refractivity contribution in [3.05, 3.63) is 5.28 Å². The minimum atomic E-state index is -4.70. The quantitative estimate of drug-likeness (QED) is 0.281. The van der Waals surface area contributed by atoms with Crippen molar-refractivity contribution in [2.24, 2.45) is 0 Å². The number of sulfone groups is 1. The van der Waals surface area contributed by atoms with Gasteiger partial charge in [0.25, 0.3) is 0 Å². The zero-order valence-electron chi connectivity index (χ0n) is 15.4. The highest BCUT2D eigenvalue weighted by Crippen LogP contribution is 2.26. The average molecular weight is 469 g/mol. The molecule has 0 spiro atoms. The lowest BCUT2D eigenvalue weighted by atomic mass is 9.94. The van der Waals surface area contributed by atoms with Crippen LogP contribution in [-0.2, 0) is 24.4 Å². The van der Waals surface area contributed by atoms with Crippen LogP contribution in [0.25, 0.3) is 0 Å². The van der Waals surface area contributed by atoms with Crippen molar-refractivity contribution in [3.8, 4) is 6.19 Å². The average Bonchev–Trinajstić information content (AvgIpc) is 2.61. The van der Waals surface area contributed by atoms with E-state index < -0.39 is 32.6 Å². The van der Waals surface area contributed by atoms with Crippen LogP contribution >= 0.6 is 11.6 Å². The summed E-state index contributed by atoms with van der Waals surface area (Å²) < 4.78 is 58.2. The second kappa shape index (κ2) is 10.3. The van der Waals surface area contributed by atoms with E-state index in [1.807, 2.05) is 0 Å². The second-order valence-electron chi connectivity index (χ2n) is 6.35. The van der Waals surface area contributed by atoms with Gasteiger partial charge in [-0.15, -0.1) is 0 Å². The van der Waals surface area contributed by atoms with E-state index in [2.05, 4.69) is 24.5 Å². The van der Waals surface area contributed by atoms with Crippen LogP contribution in [0.3, 0.4) is 0 Å². The molecule has 12 nitrogen and oxygen atoms in total. The maximum Gasteiger partial charge on any atom is 0.397 e. The van der Waals surface area contributed by atoms with Gasteiger partial charge in [-0.2, -0.15) is 28.6 Å². The van der Waals surface area contributed by atoms with Crippen LogP contribution in [0.2, 0.25) is 5.28 Å². The molecule has 1 aromatic heterocycles. The Hall–Kier alpha value is -1.79. The third-order valence-electron chi connectivity index (χ3n) is 4.31. The predicted octanol–water partition coefficient (Wildman–Crippen LogP) is 0.791. The number of nitriles is 1. The summed E-state index contributed by atoms with van der Waals surface area (Å²) in [4.78, 5) is 13.7.